The summed E-state index contributed by atoms with van der Waals surface area (Å²) in [6.07, 6.45) is 0. The van der Waals surface area contributed by atoms with Gasteiger partial charge in [0, 0.05) is 31.9 Å². The summed E-state index contributed by atoms with van der Waals surface area (Å²) in [5.74, 6) is 0. The standard InChI is InChI=1S/C16H26Cl3N4OP/c1-5-22(6-2)25(16(17,18)19,23(7-3)8-4)21-15(24)20-14-12-10-9-11-13-14/h9-13H,5-8H2,1-4H3,(H,20,24). The maximum Gasteiger partial charge on any atom is 0.346 e. The Bertz CT molecular complexity index is 583. The highest BCUT2D eigenvalue weighted by atomic mass is 35.6. The van der Waals surface area contributed by atoms with Gasteiger partial charge in [-0.15, -0.1) is 0 Å². The number of hydrogen-bond acceptors (Lipinski definition) is 1. The molecule has 0 aliphatic heterocycles. The molecule has 0 aromatic heterocycles. The highest BCUT2D eigenvalue weighted by Gasteiger charge is 2.49. The number of benzene rings is 1. The van der Waals surface area contributed by atoms with Crippen molar-refractivity contribution in [3.8, 4) is 0 Å². The van der Waals surface area contributed by atoms with Gasteiger partial charge in [-0.2, -0.15) is 4.74 Å². The number of nitrogens with zero attached hydrogens (tertiary/aromatic N) is 3. The van der Waals surface area contributed by atoms with E-state index in [1.54, 1.807) is 12.1 Å². The first-order valence-corrected chi connectivity index (χ1v) is 11.1. The summed E-state index contributed by atoms with van der Waals surface area (Å²) in [6.45, 7) is 10.4. The van der Waals surface area contributed by atoms with Gasteiger partial charge < -0.3 is 5.32 Å². The van der Waals surface area contributed by atoms with Crippen LogP contribution in [0.15, 0.2) is 35.1 Å². The number of carbonyl (C=O) groups excluding carboxylic acids is 1. The molecule has 0 radical (unpaired) electrons. The summed E-state index contributed by atoms with van der Waals surface area (Å²) in [5.41, 5.74) is 0.651. The number of nitrogens with one attached hydrogen (secondary N) is 1. The van der Waals surface area contributed by atoms with E-state index >= 15 is 0 Å². The highest BCUT2D eigenvalue weighted by Crippen LogP contribution is 2.71. The Morgan fingerprint density at radius 1 is 1.00 bits per heavy atom. The van der Waals surface area contributed by atoms with Crippen LogP contribution < -0.4 is 5.32 Å². The predicted octanol–water partition coefficient (Wildman–Crippen LogP) is 6.26. The van der Waals surface area contributed by atoms with Gasteiger partial charge in [-0.05, 0) is 12.1 Å². The normalized spacial score (nSPS) is 12.5. The lowest BCUT2D eigenvalue weighted by Gasteiger charge is -2.45. The number of amides is 2. The molecule has 142 valence electrons. The molecule has 0 heterocycles. The molecule has 1 aromatic carbocycles. The number of urea groups is 1. The average molecular weight is 428 g/mol. The zero-order valence-corrected chi connectivity index (χ0v) is 18.2. The van der Waals surface area contributed by atoms with Crippen LogP contribution >= 0.6 is 42.2 Å². The second-order valence-electron chi connectivity index (χ2n) is 5.21. The number of carbonyl (C=O) groups is 1. The number of hydrogen-bond donors (Lipinski definition) is 1. The molecule has 0 atom stereocenters. The Morgan fingerprint density at radius 2 is 1.44 bits per heavy atom. The Hall–Kier alpha value is -0.290. The monoisotopic (exact) mass is 426 g/mol. The van der Waals surface area contributed by atoms with Crippen molar-refractivity contribution >= 4 is 53.9 Å². The van der Waals surface area contributed by atoms with Crippen LogP contribution in [0.4, 0.5) is 10.5 Å². The minimum atomic E-state index is -2.92. The molecular formula is C16H26Cl3N4OP. The van der Waals surface area contributed by atoms with E-state index in [1.807, 2.05) is 55.2 Å². The predicted molar refractivity (Wildman–Crippen MR) is 111 cm³/mol. The zero-order valence-electron chi connectivity index (χ0n) is 15.0. The quantitative estimate of drug-likeness (QED) is 0.412. The smallest absolute Gasteiger partial charge is 0.306 e. The lowest BCUT2D eigenvalue weighted by atomic mass is 10.3. The molecule has 0 saturated carbocycles. The lowest BCUT2D eigenvalue weighted by molar-refractivity contribution is 0.259. The van der Waals surface area contributed by atoms with Gasteiger partial charge in [-0.3, -0.25) is 9.34 Å². The van der Waals surface area contributed by atoms with Crippen LogP contribution in [0.3, 0.4) is 0 Å². The SMILES string of the molecule is CCN(CC)P(=NC(=O)Nc1ccccc1)(N(CC)CC)C(Cl)(Cl)Cl. The van der Waals surface area contributed by atoms with Crippen LogP contribution in [0.2, 0.25) is 0 Å². The third-order valence-electron chi connectivity index (χ3n) is 3.84. The summed E-state index contributed by atoms with van der Waals surface area (Å²) < 4.78 is 6.76. The van der Waals surface area contributed by atoms with E-state index in [0.29, 0.717) is 31.9 Å². The molecule has 1 N–H and O–H groups in total. The van der Waals surface area contributed by atoms with Crippen LogP contribution in [0.5, 0.6) is 0 Å². The fourth-order valence-electron chi connectivity index (χ4n) is 2.72. The first-order valence-electron chi connectivity index (χ1n) is 8.32. The summed E-state index contributed by atoms with van der Waals surface area (Å²) in [4.78, 5) is 12.7. The maximum atomic E-state index is 12.7. The molecule has 0 saturated heterocycles. The minimum Gasteiger partial charge on any atom is -0.306 e. The Labute approximate surface area is 165 Å². The van der Waals surface area contributed by atoms with Gasteiger partial charge in [0.15, 0.2) is 7.36 Å². The number of halogens is 3. The number of para-hydroxylation sites is 1. The van der Waals surface area contributed by atoms with Crippen molar-refractivity contribution in [2.45, 2.75) is 31.2 Å². The van der Waals surface area contributed by atoms with Gasteiger partial charge in [0.2, 0.25) is 0 Å². The molecule has 0 aliphatic rings. The Balaban J connectivity index is 3.48. The Morgan fingerprint density at radius 3 is 1.80 bits per heavy atom. The summed E-state index contributed by atoms with van der Waals surface area (Å²) in [6, 6.07) is 8.61. The molecule has 0 aliphatic carbocycles. The summed E-state index contributed by atoms with van der Waals surface area (Å²) >= 11 is 19.3. The molecule has 0 fully saturated rings. The summed E-state index contributed by atoms with van der Waals surface area (Å²) in [5, 5.41) is 2.77. The zero-order chi connectivity index (χ0) is 19.1. The molecule has 25 heavy (non-hydrogen) atoms. The van der Waals surface area contributed by atoms with Crippen LogP contribution in [0.1, 0.15) is 27.7 Å². The van der Waals surface area contributed by atoms with Crippen molar-refractivity contribution < 1.29 is 4.79 Å². The van der Waals surface area contributed by atoms with E-state index < -0.39 is 16.9 Å². The van der Waals surface area contributed by atoms with Crippen molar-refractivity contribution in [2.24, 2.45) is 4.74 Å². The van der Waals surface area contributed by atoms with Crippen LogP contribution in [0, 0.1) is 0 Å². The van der Waals surface area contributed by atoms with Crippen LogP contribution in [-0.2, 0) is 0 Å². The van der Waals surface area contributed by atoms with Gasteiger partial charge in [0.25, 0.3) is 3.53 Å². The second-order valence-corrected chi connectivity index (χ2v) is 11.4. The van der Waals surface area contributed by atoms with Crippen LogP contribution in [-0.4, -0.2) is 45.1 Å². The van der Waals surface area contributed by atoms with Gasteiger partial charge in [0.05, 0.1) is 0 Å². The fourth-order valence-corrected chi connectivity index (χ4v) is 8.23. The second kappa shape index (κ2) is 10.1. The van der Waals surface area contributed by atoms with Gasteiger partial charge >= 0.3 is 6.03 Å². The maximum absolute atomic E-state index is 12.7. The summed E-state index contributed by atoms with van der Waals surface area (Å²) in [7, 11) is -2.92. The Kier molecular flexibility index (Phi) is 9.24. The molecular weight excluding hydrogens is 402 g/mol. The van der Waals surface area contributed by atoms with Crippen molar-refractivity contribution in [3.05, 3.63) is 30.3 Å². The van der Waals surface area contributed by atoms with Gasteiger partial charge in [0.1, 0.15) is 0 Å². The topological polar surface area (TPSA) is 47.9 Å². The molecule has 5 nitrogen and oxygen atoms in total. The van der Waals surface area contributed by atoms with E-state index in [2.05, 4.69) is 10.1 Å². The number of anilines is 1. The largest absolute Gasteiger partial charge is 0.346 e. The van der Waals surface area contributed by atoms with E-state index in [1.165, 1.54) is 0 Å². The molecule has 1 rings (SSSR count). The fraction of sp³-hybridized carbons (Fsp3) is 0.562. The molecule has 2 amide bonds. The molecule has 0 bridgehead atoms. The van der Waals surface area contributed by atoms with Crippen LogP contribution in [0.25, 0.3) is 0 Å². The van der Waals surface area contributed by atoms with Crippen molar-refractivity contribution in [2.75, 3.05) is 31.5 Å². The molecule has 0 spiro atoms. The molecule has 9 heteroatoms. The van der Waals surface area contributed by atoms with E-state index in [9.17, 15) is 4.79 Å². The first-order chi connectivity index (χ1) is 11.8. The first kappa shape index (κ1) is 22.8. The number of rotatable bonds is 7. The minimum absolute atomic E-state index is 0.510. The number of alkyl halides is 3. The van der Waals surface area contributed by atoms with E-state index in [4.69, 9.17) is 34.8 Å². The highest BCUT2D eigenvalue weighted by molar-refractivity contribution is 7.69. The van der Waals surface area contributed by atoms with Gasteiger partial charge in [-0.25, -0.2) is 4.79 Å². The average Bonchev–Trinajstić information content (AvgIpc) is 2.56. The molecule has 0 unspecified atom stereocenters. The van der Waals surface area contributed by atoms with E-state index in [-0.39, 0.29) is 0 Å². The third kappa shape index (κ3) is 5.35. The van der Waals surface area contributed by atoms with Crippen molar-refractivity contribution in [1.82, 2.24) is 9.34 Å². The molecule has 1 aromatic rings. The lowest BCUT2D eigenvalue weighted by Crippen LogP contribution is -2.38. The third-order valence-corrected chi connectivity index (χ3v) is 9.74. The van der Waals surface area contributed by atoms with E-state index in [0.717, 1.165) is 0 Å². The van der Waals surface area contributed by atoms with Crippen molar-refractivity contribution in [1.29, 1.82) is 0 Å². The van der Waals surface area contributed by atoms with Gasteiger partial charge in [-0.1, -0.05) is 80.7 Å². The van der Waals surface area contributed by atoms with Crippen molar-refractivity contribution in [3.63, 3.8) is 0 Å².